The first-order valence-electron chi connectivity index (χ1n) is 3.74. The summed E-state index contributed by atoms with van der Waals surface area (Å²) in [6, 6.07) is 0. The molecule has 0 aliphatic rings. The summed E-state index contributed by atoms with van der Waals surface area (Å²) in [5.41, 5.74) is 1.95. The summed E-state index contributed by atoms with van der Waals surface area (Å²) in [6.45, 7) is 5.84. The van der Waals surface area contributed by atoms with Crippen LogP contribution in [0.25, 0.3) is 0 Å². The molecule has 0 fully saturated rings. The molecule has 0 aliphatic heterocycles. The molecule has 0 heterocycles. The van der Waals surface area contributed by atoms with Crippen LogP contribution < -0.4 is 0 Å². The van der Waals surface area contributed by atoms with E-state index >= 15 is 0 Å². The lowest BCUT2D eigenvalue weighted by atomic mass is 10.1. The molecule has 0 saturated carbocycles. The van der Waals surface area contributed by atoms with Gasteiger partial charge in [0.15, 0.2) is 0 Å². The maximum Gasteiger partial charge on any atom is 0.0642 e. The Morgan fingerprint density at radius 1 is 1.45 bits per heavy atom. The van der Waals surface area contributed by atoms with E-state index in [1.165, 1.54) is 0 Å². The summed E-state index contributed by atoms with van der Waals surface area (Å²) in [4.78, 5) is 0. The molecule has 0 aromatic carbocycles. The molecule has 0 spiro atoms. The smallest absolute Gasteiger partial charge is 0.0642 e. The molecule has 0 unspecified atom stereocenters. The molecule has 2 heteroatoms. The van der Waals surface area contributed by atoms with Crippen molar-refractivity contribution in [3.63, 3.8) is 0 Å². The summed E-state index contributed by atoms with van der Waals surface area (Å²) in [5.74, 6) is 0. The zero-order chi connectivity index (χ0) is 8.69. The minimum absolute atomic E-state index is 0.0445. The fourth-order valence-corrected chi connectivity index (χ4v) is 0.662. The Labute approximate surface area is 67.9 Å². The highest BCUT2D eigenvalue weighted by Crippen LogP contribution is 2.04. The van der Waals surface area contributed by atoms with Crippen molar-refractivity contribution in [3.8, 4) is 0 Å². The van der Waals surface area contributed by atoms with Gasteiger partial charge in [-0.2, -0.15) is 0 Å². The molecule has 0 rings (SSSR count). The molecule has 0 atom stereocenters. The molecule has 0 aromatic rings. The number of hydrogen-bond donors (Lipinski definition) is 2. The predicted octanol–water partition coefficient (Wildman–Crippen LogP) is 1.25. The number of rotatable bonds is 5. The van der Waals surface area contributed by atoms with Crippen LogP contribution in [-0.4, -0.2) is 23.4 Å². The molecular weight excluding hydrogens is 140 g/mol. The van der Waals surface area contributed by atoms with Crippen molar-refractivity contribution in [2.75, 3.05) is 13.2 Å². The van der Waals surface area contributed by atoms with E-state index in [0.717, 1.165) is 11.1 Å². The first kappa shape index (κ1) is 10.4. The van der Waals surface area contributed by atoms with Crippen LogP contribution in [-0.2, 0) is 0 Å². The lowest BCUT2D eigenvalue weighted by Gasteiger charge is -1.98. The molecule has 2 N–H and O–H groups in total. The second-order valence-corrected chi connectivity index (χ2v) is 2.64. The molecule has 0 radical (unpaired) electrons. The lowest BCUT2D eigenvalue weighted by Crippen LogP contribution is -1.88. The van der Waals surface area contributed by atoms with Crippen molar-refractivity contribution < 1.29 is 10.2 Å². The third kappa shape index (κ3) is 5.83. The van der Waals surface area contributed by atoms with Crippen molar-refractivity contribution in [1.29, 1.82) is 0 Å². The van der Waals surface area contributed by atoms with Crippen LogP contribution in [0.15, 0.2) is 23.8 Å². The summed E-state index contributed by atoms with van der Waals surface area (Å²) < 4.78 is 0. The normalized spacial score (nSPS) is 11.7. The van der Waals surface area contributed by atoms with Gasteiger partial charge in [-0.25, -0.2) is 0 Å². The van der Waals surface area contributed by atoms with Crippen molar-refractivity contribution in [2.45, 2.75) is 19.8 Å². The van der Waals surface area contributed by atoms with Gasteiger partial charge in [0.2, 0.25) is 0 Å². The van der Waals surface area contributed by atoms with Crippen LogP contribution in [0.3, 0.4) is 0 Å². The highest BCUT2D eigenvalue weighted by atomic mass is 16.3. The highest BCUT2D eigenvalue weighted by Gasteiger charge is 1.90. The topological polar surface area (TPSA) is 40.5 Å². The van der Waals surface area contributed by atoms with E-state index in [1.54, 1.807) is 0 Å². The molecular formula is C9H16O2. The van der Waals surface area contributed by atoms with E-state index in [-0.39, 0.29) is 13.2 Å². The second kappa shape index (κ2) is 6.13. The highest BCUT2D eigenvalue weighted by molar-refractivity contribution is 5.07. The summed E-state index contributed by atoms with van der Waals surface area (Å²) >= 11 is 0. The van der Waals surface area contributed by atoms with Crippen molar-refractivity contribution in [3.05, 3.63) is 23.8 Å². The van der Waals surface area contributed by atoms with Crippen molar-refractivity contribution in [1.82, 2.24) is 0 Å². The van der Waals surface area contributed by atoms with E-state index < -0.39 is 0 Å². The van der Waals surface area contributed by atoms with Gasteiger partial charge in [-0.1, -0.05) is 18.2 Å². The number of hydrogen-bond acceptors (Lipinski definition) is 2. The van der Waals surface area contributed by atoms with Crippen LogP contribution in [0, 0.1) is 0 Å². The van der Waals surface area contributed by atoms with Gasteiger partial charge in [0.25, 0.3) is 0 Å². The number of aliphatic hydroxyl groups excluding tert-OH is 2. The minimum atomic E-state index is 0.0445. The monoisotopic (exact) mass is 156 g/mol. The standard InChI is InChI=1S/C9H16O2/c1-8(5-6-10)3-4-9(2)7-11/h3,10-11H,2,4-7H2,1H3. The number of allylic oxidation sites excluding steroid dienone is 1. The molecule has 11 heavy (non-hydrogen) atoms. The summed E-state index contributed by atoms with van der Waals surface area (Å²) in [6.07, 6.45) is 3.40. The zero-order valence-electron chi connectivity index (χ0n) is 7.01. The average molecular weight is 156 g/mol. The van der Waals surface area contributed by atoms with Crippen LogP contribution in [0.1, 0.15) is 19.8 Å². The van der Waals surface area contributed by atoms with Gasteiger partial charge in [0.05, 0.1) is 6.61 Å². The third-order valence-corrected chi connectivity index (χ3v) is 1.47. The van der Waals surface area contributed by atoms with Crippen molar-refractivity contribution in [2.24, 2.45) is 0 Å². The molecule has 0 aliphatic carbocycles. The van der Waals surface area contributed by atoms with E-state index in [2.05, 4.69) is 6.58 Å². The fourth-order valence-electron chi connectivity index (χ4n) is 0.662. The minimum Gasteiger partial charge on any atom is -0.396 e. The quantitative estimate of drug-likeness (QED) is 0.588. The molecule has 64 valence electrons. The van der Waals surface area contributed by atoms with Gasteiger partial charge < -0.3 is 10.2 Å². The first-order chi connectivity index (χ1) is 5.20. The maximum absolute atomic E-state index is 8.60. The van der Waals surface area contributed by atoms with E-state index in [0.29, 0.717) is 12.8 Å². The largest absolute Gasteiger partial charge is 0.396 e. The van der Waals surface area contributed by atoms with Gasteiger partial charge in [-0.15, -0.1) is 0 Å². The Kier molecular flexibility index (Phi) is 5.80. The van der Waals surface area contributed by atoms with Gasteiger partial charge in [-0.3, -0.25) is 0 Å². The molecule has 0 bridgehead atoms. The Morgan fingerprint density at radius 2 is 2.09 bits per heavy atom. The third-order valence-electron chi connectivity index (χ3n) is 1.47. The van der Waals surface area contributed by atoms with E-state index in [4.69, 9.17) is 10.2 Å². The van der Waals surface area contributed by atoms with Crippen molar-refractivity contribution >= 4 is 0 Å². The van der Waals surface area contributed by atoms with Gasteiger partial charge in [-0.05, 0) is 25.3 Å². The van der Waals surface area contributed by atoms with Crippen LogP contribution >= 0.6 is 0 Å². The molecule has 0 saturated heterocycles. The summed E-state index contributed by atoms with van der Waals surface area (Å²) in [7, 11) is 0. The Balaban J connectivity index is 3.63. The Bertz CT molecular complexity index is 148. The SMILES string of the molecule is C=C(CO)CC=C(C)CCO. The fraction of sp³-hybridized carbons (Fsp3) is 0.556. The van der Waals surface area contributed by atoms with Gasteiger partial charge in [0, 0.05) is 6.61 Å². The zero-order valence-corrected chi connectivity index (χ0v) is 7.01. The first-order valence-corrected chi connectivity index (χ1v) is 3.74. The molecule has 0 aromatic heterocycles. The molecule has 0 amide bonds. The predicted molar refractivity (Wildman–Crippen MR) is 46.3 cm³/mol. The van der Waals surface area contributed by atoms with Crippen LogP contribution in [0.5, 0.6) is 0 Å². The lowest BCUT2D eigenvalue weighted by molar-refractivity contribution is 0.299. The van der Waals surface area contributed by atoms with Crippen LogP contribution in [0.2, 0.25) is 0 Å². The van der Waals surface area contributed by atoms with Gasteiger partial charge in [0.1, 0.15) is 0 Å². The Hall–Kier alpha value is -0.600. The van der Waals surface area contributed by atoms with E-state index in [9.17, 15) is 0 Å². The van der Waals surface area contributed by atoms with E-state index in [1.807, 2.05) is 13.0 Å². The van der Waals surface area contributed by atoms with Crippen LogP contribution in [0.4, 0.5) is 0 Å². The second-order valence-electron chi connectivity index (χ2n) is 2.64. The average Bonchev–Trinajstić information content (AvgIpc) is 2.01. The summed E-state index contributed by atoms with van der Waals surface area (Å²) in [5, 5.41) is 17.1. The van der Waals surface area contributed by atoms with Gasteiger partial charge >= 0.3 is 0 Å². The maximum atomic E-state index is 8.60. The number of aliphatic hydroxyl groups is 2. The molecule has 2 nitrogen and oxygen atoms in total. The Morgan fingerprint density at radius 3 is 2.55 bits per heavy atom.